The Balaban J connectivity index is 1.30. The van der Waals surface area contributed by atoms with Crippen molar-refractivity contribution < 1.29 is 19.1 Å². The molecule has 0 aliphatic carbocycles. The molecule has 0 N–H and O–H groups in total. The Kier molecular flexibility index (Phi) is 5.98. The van der Waals surface area contributed by atoms with E-state index in [0.29, 0.717) is 18.0 Å². The van der Waals surface area contributed by atoms with Crippen molar-refractivity contribution in [3.8, 4) is 11.4 Å². The van der Waals surface area contributed by atoms with Crippen LogP contribution in [-0.4, -0.2) is 51.6 Å². The highest BCUT2D eigenvalue weighted by molar-refractivity contribution is 8.18. The highest BCUT2D eigenvalue weighted by Crippen LogP contribution is 2.33. The lowest BCUT2D eigenvalue weighted by Crippen LogP contribution is -2.44. The van der Waals surface area contributed by atoms with Crippen LogP contribution in [0.3, 0.4) is 0 Å². The van der Waals surface area contributed by atoms with E-state index in [2.05, 4.69) is 6.07 Å². The number of carbonyl (C=O) groups excluding carboxylic acids is 3. The van der Waals surface area contributed by atoms with E-state index in [-0.39, 0.29) is 12.5 Å². The number of aromatic nitrogens is 1. The van der Waals surface area contributed by atoms with Gasteiger partial charge in [-0.25, -0.2) is 0 Å². The first-order chi connectivity index (χ1) is 16.5. The normalized spacial score (nSPS) is 16.8. The number of amides is 3. The first-order valence-corrected chi connectivity index (χ1v) is 11.8. The zero-order valence-electron chi connectivity index (χ0n) is 18.6. The predicted molar refractivity (Wildman–Crippen MR) is 131 cm³/mol. The van der Waals surface area contributed by atoms with Crippen molar-refractivity contribution in [2.75, 3.05) is 20.2 Å². The summed E-state index contributed by atoms with van der Waals surface area (Å²) in [4.78, 5) is 41.6. The maximum absolute atomic E-state index is 13.0. The van der Waals surface area contributed by atoms with Crippen LogP contribution < -0.4 is 4.74 Å². The minimum atomic E-state index is -0.441. The van der Waals surface area contributed by atoms with Gasteiger partial charge < -0.3 is 14.2 Å². The maximum Gasteiger partial charge on any atom is 0.294 e. The largest absolute Gasteiger partial charge is 0.497 e. The third-order valence-corrected chi connectivity index (χ3v) is 6.97. The summed E-state index contributed by atoms with van der Waals surface area (Å²) < 4.78 is 7.13. The van der Waals surface area contributed by atoms with Gasteiger partial charge in [0.15, 0.2) is 0 Å². The molecule has 0 bridgehead atoms. The van der Waals surface area contributed by atoms with Crippen LogP contribution in [0, 0.1) is 0 Å². The number of thioether (sulfide) groups is 1. The average Bonchev–Trinajstić information content (AvgIpc) is 3.43. The van der Waals surface area contributed by atoms with Crippen LogP contribution in [0.1, 0.15) is 16.8 Å². The molecule has 7 nitrogen and oxygen atoms in total. The second-order valence-corrected chi connectivity index (χ2v) is 9.10. The number of fused-ring (bicyclic) bond motifs is 1. The van der Waals surface area contributed by atoms with Crippen molar-refractivity contribution in [1.82, 2.24) is 14.4 Å². The molecule has 3 heterocycles. The Labute approximate surface area is 201 Å². The summed E-state index contributed by atoms with van der Waals surface area (Å²) in [5.41, 5.74) is 4.00. The lowest BCUT2D eigenvalue weighted by molar-refractivity contribution is -0.136. The van der Waals surface area contributed by atoms with Gasteiger partial charge >= 0.3 is 0 Å². The van der Waals surface area contributed by atoms with Gasteiger partial charge in [-0.15, -0.1) is 0 Å². The van der Waals surface area contributed by atoms with E-state index in [9.17, 15) is 14.4 Å². The van der Waals surface area contributed by atoms with Crippen molar-refractivity contribution in [1.29, 1.82) is 0 Å². The molecule has 2 aliphatic heterocycles. The van der Waals surface area contributed by atoms with E-state index >= 15 is 0 Å². The van der Waals surface area contributed by atoms with Crippen LogP contribution in [0.5, 0.6) is 5.75 Å². The molecule has 0 saturated carbocycles. The van der Waals surface area contributed by atoms with Gasteiger partial charge in [-0.05, 0) is 71.8 Å². The van der Waals surface area contributed by atoms with E-state index in [1.807, 2.05) is 65.4 Å². The number of ether oxygens (including phenoxy) is 1. The second-order valence-electron chi connectivity index (χ2n) is 8.10. The third-order valence-electron chi connectivity index (χ3n) is 6.06. The van der Waals surface area contributed by atoms with Gasteiger partial charge in [-0.3, -0.25) is 19.3 Å². The molecule has 34 heavy (non-hydrogen) atoms. The van der Waals surface area contributed by atoms with Crippen LogP contribution in [0.15, 0.2) is 71.8 Å². The molecule has 3 aromatic rings. The van der Waals surface area contributed by atoms with Gasteiger partial charge in [0.25, 0.3) is 11.1 Å². The molecule has 0 radical (unpaired) electrons. The molecular formula is C26H23N3O4S. The molecule has 2 aliphatic rings. The molecule has 2 aromatic carbocycles. The Morgan fingerprint density at radius 2 is 1.79 bits per heavy atom. The second kappa shape index (κ2) is 9.23. The van der Waals surface area contributed by atoms with Gasteiger partial charge in [0.05, 0.1) is 12.0 Å². The molecule has 1 aromatic heterocycles. The summed E-state index contributed by atoms with van der Waals surface area (Å²) in [6.07, 6.45) is 4.35. The van der Waals surface area contributed by atoms with Crippen molar-refractivity contribution in [2.24, 2.45) is 0 Å². The molecule has 0 unspecified atom stereocenters. The molecule has 172 valence electrons. The molecule has 5 rings (SSSR count). The van der Waals surface area contributed by atoms with Gasteiger partial charge in [0, 0.05) is 30.7 Å². The quantitative estimate of drug-likeness (QED) is 0.522. The number of methoxy groups -OCH3 is 1. The van der Waals surface area contributed by atoms with Crippen molar-refractivity contribution >= 4 is 34.9 Å². The van der Waals surface area contributed by atoms with Crippen molar-refractivity contribution in [3.05, 3.63) is 88.6 Å². The number of benzene rings is 2. The van der Waals surface area contributed by atoms with E-state index in [1.54, 1.807) is 18.1 Å². The SMILES string of the molecule is COc1ccc(-n2cccc2/C=C2\SC(=O)N(CC(=O)N3CCc4ccccc4C3)C2=O)cc1. The summed E-state index contributed by atoms with van der Waals surface area (Å²) in [7, 11) is 1.61. The topological polar surface area (TPSA) is 71.8 Å². The number of carbonyl (C=O) groups is 3. The number of hydrogen-bond donors (Lipinski definition) is 0. The predicted octanol–water partition coefficient (Wildman–Crippen LogP) is 4.11. The zero-order valence-corrected chi connectivity index (χ0v) is 19.5. The minimum absolute atomic E-state index is 0.223. The highest BCUT2D eigenvalue weighted by Gasteiger charge is 2.37. The van der Waals surface area contributed by atoms with Crippen LogP contribution in [-0.2, 0) is 22.6 Å². The first kappa shape index (κ1) is 22.0. The number of imide groups is 1. The molecule has 3 amide bonds. The van der Waals surface area contributed by atoms with Gasteiger partial charge in [-0.1, -0.05) is 24.3 Å². The minimum Gasteiger partial charge on any atom is -0.497 e. The van der Waals surface area contributed by atoms with E-state index < -0.39 is 11.1 Å². The van der Waals surface area contributed by atoms with Gasteiger partial charge in [-0.2, -0.15) is 0 Å². The van der Waals surface area contributed by atoms with Gasteiger partial charge in [0.1, 0.15) is 12.3 Å². The van der Waals surface area contributed by atoms with Crippen LogP contribution in [0.4, 0.5) is 4.79 Å². The number of nitrogens with zero attached hydrogens (tertiary/aromatic N) is 3. The Bertz CT molecular complexity index is 1300. The zero-order chi connectivity index (χ0) is 23.7. The molecule has 1 fully saturated rings. The van der Waals surface area contributed by atoms with Crippen LogP contribution in [0.25, 0.3) is 11.8 Å². The molecule has 1 saturated heterocycles. The molecule has 0 spiro atoms. The number of hydrogen-bond acceptors (Lipinski definition) is 5. The molecule has 8 heteroatoms. The summed E-state index contributed by atoms with van der Waals surface area (Å²) in [5.74, 6) is 0.0864. The van der Waals surface area contributed by atoms with E-state index in [4.69, 9.17) is 4.74 Å². The first-order valence-electron chi connectivity index (χ1n) is 10.9. The lowest BCUT2D eigenvalue weighted by atomic mass is 10.00. The fourth-order valence-corrected chi connectivity index (χ4v) is 5.03. The Morgan fingerprint density at radius 3 is 2.56 bits per heavy atom. The average molecular weight is 474 g/mol. The third kappa shape index (κ3) is 4.24. The summed E-state index contributed by atoms with van der Waals surface area (Å²) in [6, 6.07) is 19.3. The smallest absolute Gasteiger partial charge is 0.294 e. The Morgan fingerprint density at radius 1 is 1.03 bits per heavy atom. The number of rotatable bonds is 5. The molecular weight excluding hydrogens is 450 g/mol. The Hall–Kier alpha value is -3.78. The lowest BCUT2D eigenvalue weighted by Gasteiger charge is -2.29. The fourth-order valence-electron chi connectivity index (χ4n) is 4.20. The monoisotopic (exact) mass is 473 g/mol. The van der Waals surface area contributed by atoms with Gasteiger partial charge in [0.2, 0.25) is 5.91 Å². The standard InChI is InChI=1S/C26H23N3O4S/c1-33-22-10-8-20(9-11-22)28-13-4-7-21(28)15-23-25(31)29(26(32)34-23)17-24(30)27-14-12-18-5-2-3-6-19(18)16-27/h2-11,13,15H,12,14,16-17H2,1H3/b23-15-. The maximum atomic E-state index is 13.0. The fraction of sp³-hybridized carbons (Fsp3) is 0.192. The van der Waals surface area contributed by atoms with E-state index in [0.717, 1.165) is 45.8 Å². The highest BCUT2D eigenvalue weighted by atomic mass is 32.2. The summed E-state index contributed by atoms with van der Waals surface area (Å²) in [6.45, 7) is 0.831. The van der Waals surface area contributed by atoms with E-state index in [1.165, 1.54) is 5.56 Å². The van der Waals surface area contributed by atoms with Crippen molar-refractivity contribution in [3.63, 3.8) is 0 Å². The van der Waals surface area contributed by atoms with Crippen molar-refractivity contribution in [2.45, 2.75) is 13.0 Å². The molecule has 0 atom stereocenters. The summed E-state index contributed by atoms with van der Waals surface area (Å²) >= 11 is 0.862. The van der Waals surface area contributed by atoms with Crippen LogP contribution >= 0.6 is 11.8 Å². The van der Waals surface area contributed by atoms with Crippen LogP contribution in [0.2, 0.25) is 0 Å². The summed E-state index contributed by atoms with van der Waals surface area (Å²) in [5, 5.41) is -0.426.